The lowest BCUT2D eigenvalue weighted by atomic mass is 10.4. The molecule has 0 aromatic heterocycles. The summed E-state index contributed by atoms with van der Waals surface area (Å²) in [6, 6.07) is 0. The first-order valence-electron chi connectivity index (χ1n) is 2.45. The van der Waals surface area contributed by atoms with E-state index in [1.54, 1.807) is 0 Å². The molecule has 0 atom stereocenters. The molecule has 40 valence electrons. The molecule has 0 aromatic rings. The normalized spacial score (nSPS) is 20.4. The lowest BCUT2D eigenvalue weighted by Crippen LogP contribution is -2.16. The first-order valence-corrected chi connectivity index (χ1v) is 2.45. The second kappa shape index (κ2) is 1.96. The Bertz CT molecular complexity index is 78.1. The summed E-state index contributed by atoms with van der Waals surface area (Å²) in [6.07, 6.45) is 2.93. The topological polar surface area (TPSA) is 15.6 Å². The Kier molecular flexibility index (Phi) is 1.29. The van der Waals surface area contributed by atoms with Crippen LogP contribution in [0.1, 0.15) is 6.42 Å². The van der Waals surface area contributed by atoms with Crippen molar-refractivity contribution >= 4 is 6.34 Å². The Morgan fingerprint density at radius 2 is 2.71 bits per heavy atom. The van der Waals surface area contributed by atoms with Gasteiger partial charge in [-0.25, -0.2) is 6.54 Å². The summed E-state index contributed by atoms with van der Waals surface area (Å²) in [5.74, 6) is 0. The zero-order valence-electron chi connectivity index (χ0n) is 4.46. The predicted octanol–water partition coefficient (Wildman–Crippen LogP) is 0.512. The molecule has 0 N–H and O–H groups in total. The van der Waals surface area contributed by atoms with E-state index in [1.807, 2.05) is 18.3 Å². The van der Waals surface area contributed by atoms with Gasteiger partial charge in [0.1, 0.15) is 0 Å². The van der Waals surface area contributed by atoms with Crippen molar-refractivity contribution in [2.75, 3.05) is 13.6 Å². The highest BCUT2D eigenvalue weighted by atomic mass is 15.1. The smallest absolute Gasteiger partial charge is 0.0552 e. The molecule has 1 rings (SSSR count). The summed E-state index contributed by atoms with van der Waals surface area (Å²) in [5, 5.41) is 0. The molecule has 0 aromatic carbocycles. The molecule has 0 bridgehead atoms. The second-order valence-electron chi connectivity index (χ2n) is 1.66. The zero-order valence-corrected chi connectivity index (χ0v) is 4.46. The minimum atomic E-state index is 0.963. The van der Waals surface area contributed by atoms with Crippen LogP contribution in [0, 0.1) is 6.54 Å². The highest BCUT2D eigenvalue weighted by Gasteiger charge is 1.83. The molecule has 0 aliphatic carbocycles. The van der Waals surface area contributed by atoms with Gasteiger partial charge in [0.25, 0.3) is 0 Å². The zero-order chi connectivity index (χ0) is 5.11. The van der Waals surface area contributed by atoms with Gasteiger partial charge < -0.3 is 4.90 Å². The van der Waals surface area contributed by atoms with Gasteiger partial charge in [-0.2, -0.15) is 0 Å². The van der Waals surface area contributed by atoms with Crippen molar-refractivity contribution in [3.05, 3.63) is 6.54 Å². The fourth-order valence-electron chi connectivity index (χ4n) is 0.570. The molecule has 0 spiro atoms. The van der Waals surface area contributed by atoms with Gasteiger partial charge in [-0.15, -0.1) is 6.42 Å². The maximum Gasteiger partial charge on any atom is 0.0552 e. The maximum atomic E-state index is 4.03. The molecule has 0 amide bonds. The predicted molar refractivity (Wildman–Crippen MR) is 30.0 cm³/mol. The van der Waals surface area contributed by atoms with Crippen LogP contribution in [0.3, 0.4) is 0 Å². The molecule has 2 heteroatoms. The molecule has 0 unspecified atom stereocenters. The van der Waals surface area contributed by atoms with Gasteiger partial charge in [-0.3, -0.25) is 4.99 Å². The molecule has 1 heterocycles. The largest absolute Gasteiger partial charge is 0.516 e. The van der Waals surface area contributed by atoms with Crippen LogP contribution in [0.5, 0.6) is 0 Å². The van der Waals surface area contributed by atoms with Gasteiger partial charge in [-0.1, -0.05) is 0 Å². The van der Waals surface area contributed by atoms with Crippen LogP contribution >= 0.6 is 0 Å². The Balaban J connectivity index is 2.36. The molecular weight excluding hydrogens is 88.1 g/mol. The Labute approximate surface area is 43.8 Å². The van der Waals surface area contributed by atoms with Gasteiger partial charge in [0.2, 0.25) is 0 Å². The van der Waals surface area contributed by atoms with Crippen LogP contribution in [-0.2, 0) is 0 Å². The fraction of sp³-hybridized carbons (Fsp3) is 0.600. The summed E-state index contributed by atoms with van der Waals surface area (Å²) in [5.41, 5.74) is 0. The SMILES string of the molecule is CN1C=NCC[CH-]1. The Morgan fingerprint density at radius 1 is 1.86 bits per heavy atom. The number of rotatable bonds is 0. The number of hydrogen-bond acceptors (Lipinski definition) is 2. The lowest BCUT2D eigenvalue weighted by molar-refractivity contribution is 0.568. The minimum absolute atomic E-state index is 0.963. The number of hydrogen-bond donors (Lipinski definition) is 0. The molecule has 0 radical (unpaired) electrons. The van der Waals surface area contributed by atoms with Gasteiger partial charge in [0, 0.05) is 6.54 Å². The third kappa shape index (κ3) is 1.18. The van der Waals surface area contributed by atoms with Crippen LogP contribution in [0.25, 0.3) is 0 Å². The van der Waals surface area contributed by atoms with Crippen LogP contribution < -0.4 is 0 Å². The third-order valence-electron chi connectivity index (χ3n) is 0.939. The first-order chi connectivity index (χ1) is 3.39. The van der Waals surface area contributed by atoms with Crippen molar-refractivity contribution in [2.45, 2.75) is 6.42 Å². The van der Waals surface area contributed by atoms with E-state index in [4.69, 9.17) is 0 Å². The van der Waals surface area contributed by atoms with Crippen molar-refractivity contribution in [3.8, 4) is 0 Å². The minimum Gasteiger partial charge on any atom is -0.516 e. The molecular formula is C5H9N2-. The summed E-state index contributed by atoms with van der Waals surface area (Å²) in [7, 11) is 1.99. The second-order valence-corrected chi connectivity index (χ2v) is 1.66. The lowest BCUT2D eigenvalue weighted by Gasteiger charge is -2.27. The average Bonchev–Trinajstić information content (AvgIpc) is 1.69. The standard InChI is InChI=1S/C5H9N2/c1-7-4-2-3-6-5-7/h4-5H,2-3H2,1H3/q-1. The summed E-state index contributed by atoms with van der Waals surface area (Å²) in [4.78, 5) is 6.00. The quantitative estimate of drug-likeness (QED) is 0.402. The van der Waals surface area contributed by atoms with E-state index in [9.17, 15) is 0 Å². The van der Waals surface area contributed by atoms with Crippen molar-refractivity contribution in [1.82, 2.24) is 4.90 Å². The highest BCUT2D eigenvalue weighted by Crippen LogP contribution is 1.96. The van der Waals surface area contributed by atoms with Crippen molar-refractivity contribution in [3.63, 3.8) is 0 Å². The summed E-state index contributed by atoms with van der Waals surface area (Å²) in [6.45, 7) is 3.08. The number of aliphatic imine (C=N–C) groups is 1. The van der Waals surface area contributed by atoms with Crippen molar-refractivity contribution < 1.29 is 0 Å². The molecule has 0 saturated carbocycles. The maximum absolute atomic E-state index is 4.03. The summed E-state index contributed by atoms with van der Waals surface area (Å²) >= 11 is 0. The van der Waals surface area contributed by atoms with E-state index in [-0.39, 0.29) is 0 Å². The molecule has 7 heavy (non-hydrogen) atoms. The summed E-state index contributed by atoms with van der Waals surface area (Å²) < 4.78 is 0. The first kappa shape index (κ1) is 4.62. The molecule has 1 aliphatic heterocycles. The van der Waals surface area contributed by atoms with E-state index in [0.717, 1.165) is 13.0 Å². The average molecular weight is 97.1 g/mol. The Morgan fingerprint density at radius 3 is 3.00 bits per heavy atom. The van der Waals surface area contributed by atoms with Crippen LogP contribution in [-0.4, -0.2) is 24.8 Å². The van der Waals surface area contributed by atoms with Gasteiger partial charge in [0.15, 0.2) is 0 Å². The van der Waals surface area contributed by atoms with Crippen molar-refractivity contribution in [2.24, 2.45) is 4.99 Å². The van der Waals surface area contributed by atoms with E-state index >= 15 is 0 Å². The van der Waals surface area contributed by atoms with Crippen LogP contribution in [0.15, 0.2) is 4.99 Å². The molecule has 1 aliphatic rings. The van der Waals surface area contributed by atoms with E-state index in [2.05, 4.69) is 11.5 Å². The van der Waals surface area contributed by atoms with Crippen molar-refractivity contribution in [1.29, 1.82) is 0 Å². The van der Waals surface area contributed by atoms with E-state index < -0.39 is 0 Å². The van der Waals surface area contributed by atoms with Gasteiger partial charge >= 0.3 is 0 Å². The van der Waals surface area contributed by atoms with Gasteiger partial charge in [0.05, 0.1) is 6.34 Å². The fourth-order valence-corrected chi connectivity index (χ4v) is 0.570. The van der Waals surface area contributed by atoms with E-state index in [1.165, 1.54) is 0 Å². The van der Waals surface area contributed by atoms with Crippen LogP contribution in [0.4, 0.5) is 0 Å². The molecule has 0 fully saturated rings. The highest BCUT2D eigenvalue weighted by molar-refractivity contribution is 5.56. The van der Waals surface area contributed by atoms with Gasteiger partial charge in [-0.05, 0) is 7.05 Å². The molecule has 2 nitrogen and oxygen atoms in total. The van der Waals surface area contributed by atoms with Crippen LogP contribution in [0.2, 0.25) is 0 Å². The monoisotopic (exact) mass is 97.1 g/mol. The van der Waals surface area contributed by atoms with E-state index in [0.29, 0.717) is 0 Å². The number of nitrogens with zero attached hydrogens (tertiary/aromatic N) is 2. The Hall–Kier alpha value is -0.530. The third-order valence-corrected chi connectivity index (χ3v) is 0.939. The molecule has 0 saturated heterocycles.